The van der Waals surface area contributed by atoms with Crippen LogP contribution in [0.25, 0.3) is 0 Å². The molecular weight excluding hydrogens is 250 g/mol. The lowest BCUT2D eigenvalue weighted by Crippen LogP contribution is -2.22. The summed E-state index contributed by atoms with van der Waals surface area (Å²) in [4.78, 5) is 4.42. The number of hydrogen-bond donors (Lipinski definition) is 1. The number of rotatable bonds is 7. The Morgan fingerprint density at radius 3 is 2.85 bits per heavy atom. The highest BCUT2D eigenvalue weighted by molar-refractivity contribution is 5.18. The molecule has 2 aromatic rings. The van der Waals surface area contributed by atoms with E-state index in [1.165, 1.54) is 18.4 Å². The van der Waals surface area contributed by atoms with Crippen LogP contribution in [0, 0.1) is 11.8 Å². The summed E-state index contributed by atoms with van der Waals surface area (Å²) in [5.74, 6) is 3.11. The van der Waals surface area contributed by atoms with Gasteiger partial charge in [-0.3, -0.25) is 0 Å². The van der Waals surface area contributed by atoms with Crippen LogP contribution in [-0.2, 0) is 13.0 Å². The molecule has 1 aromatic heterocycles. The van der Waals surface area contributed by atoms with E-state index in [-0.39, 0.29) is 0 Å². The molecule has 0 bridgehead atoms. The summed E-state index contributed by atoms with van der Waals surface area (Å²) in [6, 6.07) is 10.2. The Morgan fingerprint density at radius 1 is 1.30 bits per heavy atom. The van der Waals surface area contributed by atoms with Crippen molar-refractivity contribution >= 4 is 0 Å². The number of aromatic nitrogens is 2. The molecule has 4 nitrogen and oxygen atoms in total. The number of benzene rings is 1. The first-order valence-electron chi connectivity index (χ1n) is 7.37. The average molecular weight is 271 g/mol. The SMILES string of the molecule is CC(CNCc1nc(Cc2ccccc2)no1)C1CC1. The van der Waals surface area contributed by atoms with Crippen LogP contribution in [0.15, 0.2) is 34.9 Å². The molecular formula is C16H21N3O. The molecule has 0 radical (unpaired) electrons. The molecule has 4 heteroatoms. The molecule has 3 rings (SSSR count). The molecule has 1 atom stereocenters. The lowest BCUT2D eigenvalue weighted by Gasteiger charge is -2.09. The molecule has 0 saturated heterocycles. The van der Waals surface area contributed by atoms with E-state index in [1.54, 1.807) is 0 Å². The van der Waals surface area contributed by atoms with Crippen LogP contribution in [0.2, 0.25) is 0 Å². The van der Waals surface area contributed by atoms with Crippen LogP contribution < -0.4 is 5.32 Å². The van der Waals surface area contributed by atoms with E-state index in [2.05, 4.69) is 34.5 Å². The number of hydrogen-bond acceptors (Lipinski definition) is 4. The van der Waals surface area contributed by atoms with E-state index in [4.69, 9.17) is 4.52 Å². The molecule has 1 heterocycles. The summed E-state index contributed by atoms with van der Waals surface area (Å²) in [7, 11) is 0. The van der Waals surface area contributed by atoms with Gasteiger partial charge in [0.2, 0.25) is 5.89 Å². The highest BCUT2D eigenvalue weighted by atomic mass is 16.5. The standard InChI is InChI=1S/C16H21N3O/c1-12(14-7-8-14)10-17-11-16-18-15(19-20-16)9-13-5-3-2-4-6-13/h2-6,12,14,17H,7-11H2,1H3. The van der Waals surface area contributed by atoms with Crippen molar-refractivity contribution in [2.24, 2.45) is 11.8 Å². The van der Waals surface area contributed by atoms with Gasteiger partial charge in [-0.15, -0.1) is 0 Å². The number of nitrogens with one attached hydrogen (secondary N) is 1. The summed E-state index contributed by atoms with van der Waals surface area (Å²) in [6.45, 7) is 4.00. The van der Waals surface area contributed by atoms with Crippen LogP contribution in [0.3, 0.4) is 0 Å². The molecule has 20 heavy (non-hydrogen) atoms. The number of nitrogens with zero attached hydrogens (tertiary/aromatic N) is 2. The highest BCUT2D eigenvalue weighted by Crippen LogP contribution is 2.36. The highest BCUT2D eigenvalue weighted by Gasteiger charge is 2.27. The van der Waals surface area contributed by atoms with Gasteiger partial charge >= 0.3 is 0 Å². The molecule has 1 fully saturated rings. The van der Waals surface area contributed by atoms with E-state index in [9.17, 15) is 0 Å². The Kier molecular flexibility index (Phi) is 4.11. The van der Waals surface area contributed by atoms with Crippen LogP contribution in [-0.4, -0.2) is 16.7 Å². The first-order valence-corrected chi connectivity index (χ1v) is 7.37. The van der Waals surface area contributed by atoms with Crippen molar-refractivity contribution in [2.75, 3.05) is 6.54 Å². The van der Waals surface area contributed by atoms with Gasteiger partial charge in [0.1, 0.15) is 0 Å². The van der Waals surface area contributed by atoms with Gasteiger partial charge in [0.05, 0.1) is 6.54 Å². The second kappa shape index (κ2) is 6.18. The van der Waals surface area contributed by atoms with Crippen LogP contribution >= 0.6 is 0 Å². The molecule has 1 saturated carbocycles. The van der Waals surface area contributed by atoms with Gasteiger partial charge in [0, 0.05) is 6.42 Å². The first-order chi connectivity index (χ1) is 9.81. The quantitative estimate of drug-likeness (QED) is 0.841. The minimum atomic E-state index is 0.666. The lowest BCUT2D eigenvalue weighted by molar-refractivity contribution is 0.354. The van der Waals surface area contributed by atoms with Gasteiger partial charge in [0.15, 0.2) is 5.82 Å². The Balaban J connectivity index is 1.46. The zero-order chi connectivity index (χ0) is 13.8. The van der Waals surface area contributed by atoms with Crippen molar-refractivity contribution < 1.29 is 4.52 Å². The Labute approximate surface area is 119 Å². The normalized spacial score (nSPS) is 16.2. The molecule has 0 aliphatic heterocycles. The van der Waals surface area contributed by atoms with Gasteiger partial charge in [-0.1, -0.05) is 42.4 Å². The summed E-state index contributed by atoms with van der Waals surface area (Å²) in [6.07, 6.45) is 3.51. The third-order valence-electron chi connectivity index (χ3n) is 3.88. The topological polar surface area (TPSA) is 51.0 Å². The third-order valence-corrected chi connectivity index (χ3v) is 3.88. The van der Waals surface area contributed by atoms with E-state index < -0.39 is 0 Å². The average Bonchev–Trinajstić information content (AvgIpc) is 3.23. The summed E-state index contributed by atoms with van der Waals surface area (Å²) in [5.41, 5.74) is 1.20. The molecule has 1 N–H and O–H groups in total. The van der Waals surface area contributed by atoms with Crippen molar-refractivity contribution in [3.8, 4) is 0 Å². The fourth-order valence-corrected chi connectivity index (χ4v) is 2.45. The zero-order valence-corrected chi connectivity index (χ0v) is 11.9. The Bertz CT molecular complexity index is 534. The Hall–Kier alpha value is -1.68. The fraction of sp³-hybridized carbons (Fsp3) is 0.500. The molecule has 0 amide bonds. The van der Waals surface area contributed by atoms with Crippen molar-refractivity contribution in [3.05, 3.63) is 47.6 Å². The molecule has 0 spiro atoms. The minimum absolute atomic E-state index is 0.666. The first kappa shape index (κ1) is 13.3. The second-order valence-corrected chi connectivity index (χ2v) is 5.71. The van der Waals surface area contributed by atoms with Crippen molar-refractivity contribution in [1.82, 2.24) is 15.5 Å². The Morgan fingerprint density at radius 2 is 2.10 bits per heavy atom. The molecule has 1 aromatic carbocycles. The minimum Gasteiger partial charge on any atom is -0.338 e. The van der Waals surface area contributed by atoms with Gasteiger partial charge in [-0.05, 0) is 36.8 Å². The van der Waals surface area contributed by atoms with Gasteiger partial charge in [-0.2, -0.15) is 4.98 Å². The van der Waals surface area contributed by atoms with Crippen LogP contribution in [0.4, 0.5) is 0 Å². The maximum absolute atomic E-state index is 5.27. The summed E-state index contributed by atoms with van der Waals surface area (Å²) < 4.78 is 5.27. The third kappa shape index (κ3) is 3.67. The molecule has 1 unspecified atom stereocenters. The van der Waals surface area contributed by atoms with Gasteiger partial charge in [-0.25, -0.2) is 0 Å². The van der Waals surface area contributed by atoms with E-state index in [0.29, 0.717) is 12.4 Å². The summed E-state index contributed by atoms with van der Waals surface area (Å²) >= 11 is 0. The smallest absolute Gasteiger partial charge is 0.240 e. The van der Waals surface area contributed by atoms with E-state index in [1.807, 2.05) is 18.2 Å². The molecule has 106 valence electrons. The molecule has 1 aliphatic rings. The predicted molar refractivity (Wildman–Crippen MR) is 77.1 cm³/mol. The largest absolute Gasteiger partial charge is 0.338 e. The van der Waals surface area contributed by atoms with Crippen LogP contribution in [0.5, 0.6) is 0 Å². The van der Waals surface area contributed by atoms with E-state index in [0.717, 1.165) is 30.6 Å². The second-order valence-electron chi connectivity index (χ2n) is 5.71. The van der Waals surface area contributed by atoms with E-state index >= 15 is 0 Å². The summed E-state index contributed by atoms with van der Waals surface area (Å²) in [5, 5.41) is 7.43. The molecule has 1 aliphatic carbocycles. The van der Waals surface area contributed by atoms with Crippen molar-refractivity contribution in [2.45, 2.75) is 32.7 Å². The zero-order valence-electron chi connectivity index (χ0n) is 11.9. The van der Waals surface area contributed by atoms with Gasteiger partial charge < -0.3 is 9.84 Å². The van der Waals surface area contributed by atoms with Crippen LogP contribution in [0.1, 0.15) is 37.0 Å². The monoisotopic (exact) mass is 271 g/mol. The van der Waals surface area contributed by atoms with Crippen molar-refractivity contribution in [3.63, 3.8) is 0 Å². The predicted octanol–water partition coefficient (Wildman–Crippen LogP) is 2.80. The maximum Gasteiger partial charge on any atom is 0.240 e. The fourth-order valence-electron chi connectivity index (χ4n) is 2.45. The lowest BCUT2D eigenvalue weighted by atomic mass is 10.1. The maximum atomic E-state index is 5.27. The van der Waals surface area contributed by atoms with Crippen molar-refractivity contribution in [1.29, 1.82) is 0 Å². The van der Waals surface area contributed by atoms with Gasteiger partial charge in [0.25, 0.3) is 0 Å².